The van der Waals surface area contributed by atoms with Gasteiger partial charge in [0, 0.05) is 23.7 Å². The fraction of sp³-hybridized carbons (Fsp3) is 0.538. The zero-order valence-corrected chi connectivity index (χ0v) is 18.9. The molecule has 164 valence electrons. The van der Waals surface area contributed by atoms with Crippen LogP contribution in [0.1, 0.15) is 78.6 Å². The summed E-state index contributed by atoms with van der Waals surface area (Å²) in [6.45, 7) is 7.17. The number of rotatable bonds is 14. The van der Waals surface area contributed by atoms with Gasteiger partial charge in [-0.2, -0.15) is 0 Å². The molecule has 0 aliphatic rings. The third kappa shape index (κ3) is 8.17. The van der Waals surface area contributed by atoms with Gasteiger partial charge in [0.05, 0.1) is 12.8 Å². The summed E-state index contributed by atoms with van der Waals surface area (Å²) >= 11 is 0. The molecule has 0 aliphatic heterocycles. The number of esters is 1. The van der Waals surface area contributed by atoms with Crippen LogP contribution < -0.4 is 9.47 Å². The van der Waals surface area contributed by atoms with Crippen LogP contribution in [0.15, 0.2) is 42.7 Å². The lowest BCUT2D eigenvalue weighted by atomic mass is 10.0. The lowest BCUT2D eigenvalue weighted by Gasteiger charge is -2.16. The first kappa shape index (κ1) is 23.9. The number of carbonyl (C=O) groups excluding carboxylic acids is 1. The van der Waals surface area contributed by atoms with Gasteiger partial charge in [0.15, 0.2) is 0 Å². The Morgan fingerprint density at radius 2 is 1.63 bits per heavy atom. The zero-order valence-electron chi connectivity index (χ0n) is 18.9. The first-order valence-electron chi connectivity index (χ1n) is 11.5. The Balaban J connectivity index is 1.97. The van der Waals surface area contributed by atoms with Crippen molar-refractivity contribution in [1.29, 1.82) is 0 Å². The molecule has 0 radical (unpaired) electrons. The Labute approximate surface area is 182 Å². The Morgan fingerprint density at radius 1 is 0.933 bits per heavy atom. The van der Waals surface area contributed by atoms with Gasteiger partial charge in [0.25, 0.3) is 0 Å². The molecule has 0 N–H and O–H groups in total. The van der Waals surface area contributed by atoms with Gasteiger partial charge in [-0.15, -0.1) is 0 Å². The average molecular weight is 412 g/mol. The molecule has 2 rings (SSSR count). The average Bonchev–Trinajstić information content (AvgIpc) is 2.77. The molecule has 4 nitrogen and oxygen atoms in total. The SMILES string of the molecule is CCCCCCCCCC(=O)Oc1ccccc1-c1ccncc1OCC(C)CC. The molecule has 0 saturated heterocycles. The van der Waals surface area contributed by atoms with Crippen molar-refractivity contribution in [3.8, 4) is 22.6 Å². The van der Waals surface area contributed by atoms with Crippen molar-refractivity contribution in [2.24, 2.45) is 5.92 Å². The molecule has 1 unspecified atom stereocenters. The first-order chi connectivity index (χ1) is 14.7. The molecular formula is C26H37NO3. The molecule has 1 aromatic carbocycles. The maximum Gasteiger partial charge on any atom is 0.311 e. The molecule has 30 heavy (non-hydrogen) atoms. The molecular weight excluding hydrogens is 374 g/mol. The molecule has 0 saturated carbocycles. The second-order valence-corrected chi connectivity index (χ2v) is 8.04. The fourth-order valence-electron chi connectivity index (χ4n) is 3.25. The van der Waals surface area contributed by atoms with Crippen LogP contribution >= 0.6 is 0 Å². The third-order valence-electron chi connectivity index (χ3n) is 5.39. The molecule has 1 atom stereocenters. The second-order valence-electron chi connectivity index (χ2n) is 8.04. The third-order valence-corrected chi connectivity index (χ3v) is 5.39. The summed E-state index contributed by atoms with van der Waals surface area (Å²) in [4.78, 5) is 16.6. The van der Waals surface area contributed by atoms with E-state index >= 15 is 0 Å². The maximum atomic E-state index is 12.4. The number of ether oxygens (including phenoxy) is 2. The molecule has 1 aromatic heterocycles. The highest BCUT2D eigenvalue weighted by Gasteiger charge is 2.15. The fourth-order valence-corrected chi connectivity index (χ4v) is 3.25. The van der Waals surface area contributed by atoms with E-state index in [0.29, 0.717) is 30.4 Å². The highest BCUT2D eigenvalue weighted by Crippen LogP contribution is 2.36. The lowest BCUT2D eigenvalue weighted by Crippen LogP contribution is -2.09. The minimum atomic E-state index is -0.174. The van der Waals surface area contributed by atoms with Crippen molar-refractivity contribution in [3.05, 3.63) is 42.7 Å². The van der Waals surface area contributed by atoms with Crippen LogP contribution in [0, 0.1) is 5.92 Å². The van der Waals surface area contributed by atoms with Crippen LogP contribution in [0.2, 0.25) is 0 Å². The smallest absolute Gasteiger partial charge is 0.311 e. The van der Waals surface area contributed by atoms with Gasteiger partial charge in [0.1, 0.15) is 11.5 Å². The summed E-state index contributed by atoms with van der Waals surface area (Å²) in [7, 11) is 0. The molecule has 0 fully saturated rings. The quantitative estimate of drug-likeness (QED) is 0.187. The van der Waals surface area contributed by atoms with E-state index < -0.39 is 0 Å². The van der Waals surface area contributed by atoms with E-state index in [2.05, 4.69) is 25.8 Å². The summed E-state index contributed by atoms with van der Waals surface area (Å²) in [6, 6.07) is 9.55. The molecule has 0 aliphatic carbocycles. The highest BCUT2D eigenvalue weighted by atomic mass is 16.5. The summed E-state index contributed by atoms with van der Waals surface area (Å²) in [5, 5.41) is 0. The summed E-state index contributed by atoms with van der Waals surface area (Å²) < 4.78 is 11.8. The van der Waals surface area contributed by atoms with Crippen molar-refractivity contribution in [1.82, 2.24) is 4.98 Å². The van der Waals surface area contributed by atoms with Gasteiger partial charge in [-0.3, -0.25) is 9.78 Å². The van der Waals surface area contributed by atoms with E-state index in [1.54, 1.807) is 12.4 Å². The molecule has 0 bridgehead atoms. The van der Waals surface area contributed by atoms with Crippen LogP contribution in [0.25, 0.3) is 11.1 Å². The predicted molar refractivity (Wildman–Crippen MR) is 123 cm³/mol. The topological polar surface area (TPSA) is 48.4 Å². The number of unbranched alkanes of at least 4 members (excludes halogenated alkanes) is 6. The van der Waals surface area contributed by atoms with Gasteiger partial charge in [-0.25, -0.2) is 0 Å². The van der Waals surface area contributed by atoms with E-state index in [1.807, 2.05) is 30.3 Å². The molecule has 2 aromatic rings. The number of benzene rings is 1. The Bertz CT molecular complexity index is 759. The second kappa shape index (κ2) is 13.8. The summed E-state index contributed by atoms with van der Waals surface area (Å²) in [5.74, 6) is 1.58. The number of hydrogen-bond donors (Lipinski definition) is 0. The van der Waals surface area contributed by atoms with E-state index in [9.17, 15) is 4.79 Å². The minimum Gasteiger partial charge on any atom is -0.491 e. The van der Waals surface area contributed by atoms with Crippen LogP contribution in [0.3, 0.4) is 0 Å². The van der Waals surface area contributed by atoms with Gasteiger partial charge >= 0.3 is 5.97 Å². The van der Waals surface area contributed by atoms with Crippen molar-refractivity contribution in [2.45, 2.75) is 78.6 Å². The highest BCUT2D eigenvalue weighted by molar-refractivity contribution is 5.80. The van der Waals surface area contributed by atoms with Gasteiger partial charge in [0.2, 0.25) is 0 Å². The summed E-state index contributed by atoms with van der Waals surface area (Å²) in [5.41, 5.74) is 1.75. The Kier molecular flexibility index (Phi) is 11.0. The number of aromatic nitrogens is 1. The van der Waals surface area contributed by atoms with E-state index in [0.717, 1.165) is 30.4 Å². The Morgan fingerprint density at radius 3 is 2.40 bits per heavy atom. The van der Waals surface area contributed by atoms with Crippen molar-refractivity contribution >= 4 is 5.97 Å². The normalized spacial score (nSPS) is 11.8. The number of pyridine rings is 1. The molecule has 0 amide bonds. The minimum absolute atomic E-state index is 0.174. The van der Waals surface area contributed by atoms with Crippen molar-refractivity contribution in [2.75, 3.05) is 6.61 Å². The van der Waals surface area contributed by atoms with Crippen LogP contribution in [-0.2, 0) is 4.79 Å². The first-order valence-corrected chi connectivity index (χ1v) is 11.5. The molecule has 1 heterocycles. The molecule has 4 heteroatoms. The number of nitrogens with zero attached hydrogens (tertiary/aromatic N) is 1. The number of hydrogen-bond acceptors (Lipinski definition) is 4. The maximum absolute atomic E-state index is 12.4. The van der Waals surface area contributed by atoms with Gasteiger partial charge in [-0.1, -0.05) is 83.9 Å². The lowest BCUT2D eigenvalue weighted by molar-refractivity contribution is -0.134. The van der Waals surface area contributed by atoms with Crippen LogP contribution in [0.4, 0.5) is 0 Å². The zero-order chi connectivity index (χ0) is 21.6. The van der Waals surface area contributed by atoms with Crippen LogP contribution in [-0.4, -0.2) is 17.6 Å². The van der Waals surface area contributed by atoms with Crippen molar-refractivity contribution in [3.63, 3.8) is 0 Å². The number of carbonyl (C=O) groups is 1. The number of para-hydroxylation sites is 1. The van der Waals surface area contributed by atoms with Crippen molar-refractivity contribution < 1.29 is 14.3 Å². The van der Waals surface area contributed by atoms with Crippen LogP contribution in [0.5, 0.6) is 11.5 Å². The monoisotopic (exact) mass is 411 g/mol. The van der Waals surface area contributed by atoms with E-state index in [4.69, 9.17) is 9.47 Å². The molecule has 0 spiro atoms. The summed E-state index contributed by atoms with van der Waals surface area (Å²) in [6.07, 6.45) is 13.2. The predicted octanol–water partition coefficient (Wildman–Crippen LogP) is 7.22. The van der Waals surface area contributed by atoms with E-state index in [-0.39, 0.29) is 5.97 Å². The van der Waals surface area contributed by atoms with Gasteiger partial charge in [-0.05, 0) is 24.5 Å². The van der Waals surface area contributed by atoms with Gasteiger partial charge < -0.3 is 9.47 Å². The standard InChI is InChI=1S/C26H37NO3/c1-4-6-7-8-9-10-11-16-26(28)30-24-15-13-12-14-22(24)23-17-18-27-19-25(23)29-20-21(3)5-2/h12-15,17-19,21H,4-11,16,20H2,1-3H3. The Hall–Kier alpha value is -2.36. The van der Waals surface area contributed by atoms with E-state index in [1.165, 1.54) is 32.1 Å². The largest absolute Gasteiger partial charge is 0.491 e.